The Hall–Kier alpha value is -2.74. The Morgan fingerprint density at radius 1 is 1.22 bits per heavy atom. The lowest BCUT2D eigenvalue weighted by atomic mass is 10.1. The molecule has 8 heteroatoms. The zero-order valence-corrected chi connectivity index (χ0v) is 15.8. The number of nitrogens with one attached hydrogen (secondary N) is 1. The number of carbonyl (C=O) groups is 2. The van der Waals surface area contributed by atoms with E-state index in [0.29, 0.717) is 16.1 Å². The van der Waals surface area contributed by atoms with E-state index in [4.69, 9.17) is 4.74 Å². The van der Waals surface area contributed by atoms with Crippen LogP contribution in [0.5, 0.6) is 0 Å². The number of aryl methyl sites for hydroxylation is 3. The van der Waals surface area contributed by atoms with Crippen LogP contribution in [0.25, 0.3) is 0 Å². The monoisotopic (exact) mass is 388 g/mol. The van der Waals surface area contributed by atoms with Crippen LogP contribution in [-0.2, 0) is 22.4 Å². The topological polar surface area (TPSA) is 98.5 Å². The Bertz CT molecular complexity index is 867. The van der Waals surface area contributed by atoms with Gasteiger partial charge in [-0.05, 0) is 55.9 Å². The zero-order valence-electron chi connectivity index (χ0n) is 14.9. The first-order valence-corrected chi connectivity index (χ1v) is 9.59. The Kier molecular flexibility index (Phi) is 5.85. The summed E-state index contributed by atoms with van der Waals surface area (Å²) in [7, 11) is 0. The number of thiophene rings is 1. The summed E-state index contributed by atoms with van der Waals surface area (Å²) < 4.78 is 5.12. The van der Waals surface area contributed by atoms with Crippen LogP contribution in [0.2, 0.25) is 0 Å². The minimum atomic E-state index is -0.497. The van der Waals surface area contributed by atoms with Crippen LogP contribution < -0.4 is 5.32 Å². The Morgan fingerprint density at radius 2 is 2.00 bits per heavy atom. The second kappa shape index (κ2) is 8.30. The standard InChI is InChI=1S/C19H20N2O5S/c1-12-9-14(21(24)25)7-8-15(12)20-18(22)11-26-19(23)17-10-13-5-3-2-4-6-16(13)27-17/h7-10H,2-6,11H2,1H3,(H,20,22). The van der Waals surface area contributed by atoms with Gasteiger partial charge in [0.1, 0.15) is 4.88 Å². The number of hydrogen-bond acceptors (Lipinski definition) is 6. The molecule has 142 valence electrons. The van der Waals surface area contributed by atoms with Gasteiger partial charge in [0.25, 0.3) is 11.6 Å². The van der Waals surface area contributed by atoms with Gasteiger partial charge in [-0.15, -0.1) is 11.3 Å². The molecule has 1 aliphatic carbocycles. The number of rotatable bonds is 5. The summed E-state index contributed by atoms with van der Waals surface area (Å²) >= 11 is 1.45. The predicted octanol–water partition coefficient (Wildman–Crippen LogP) is 4.03. The van der Waals surface area contributed by atoms with Crippen molar-refractivity contribution in [3.8, 4) is 0 Å². The number of nitrogens with zero attached hydrogens (tertiary/aromatic N) is 1. The lowest BCUT2D eigenvalue weighted by Crippen LogP contribution is -2.21. The summed E-state index contributed by atoms with van der Waals surface area (Å²) in [5.74, 6) is -0.984. The molecule has 1 amide bonds. The highest BCUT2D eigenvalue weighted by atomic mass is 32.1. The van der Waals surface area contributed by atoms with E-state index >= 15 is 0 Å². The number of hydrogen-bond donors (Lipinski definition) is 1. The van der Waals surface area contributed by atoms with Gasteiger partial charge in [-0.2, -0.15) is 0 Å². The maximum Gasteiger partial charge on any atom is 0.348 e. The molecule has 0 fully saturated rings. The number of esters is 1. The molecule has 0 bridgehead atoms. The molecular weight excluding hydrogens is 368 g/mol. The molecule has 3 rings (SSSR count). The summed E-state index contributed by atoms with van der Waals surface area (Å²) in [5.41, 5.74) is 2.18. The first kappa shape index (κ1) is 19.0. The van der Waals surface area contributed by atoms with Crippen molar-refractivity contribution in [3.05, 3.63) is 55.3 Å². The highest BCUT2D eigenvalue weighted by molar-refractivity contribution is 7.14. The maximum absolute atomic E-state index is 12.2. The Morgan fingerprint density at radius 3 is 2.74 bits per heavy atom. The molecule has 7 nitrogen and oxygen atoms in total. The molecule has 0 aliphatic heterocycles. The minimum Gasteiger partial charge on any atom is -0.451 e. The van der Waals surface area contributed by atoms with Gasteiger partial charge in [0.2, 0.25) is 0 Å². The normalized spacial score (nSPS) is 13.4. The van der Waals surface area contributed by atoms with Crippen LogP contribution >= 0.6 is 11.3 Å². The number of nitro benzene ring substituents is 1. The van der Waals surface area contributed by atoms with Gasteiger partial charge in [-0.25, -0.2) is 4.79 Å². The quantitative estimate of drug-likeness (QED) is 0.361. The van der Waals surface area contributed by atoms with Crippen molar-refractivity contribution in [2.75, 3.05) is 11.9 Å². The maximum atomic E-state index is 12.2. The van der Waals surface area contributed by atoms with Crippen molar-refractivity contribution in [3.63, 3.8) is 0 Å². The Labute approximate surface area is 160 Å². The average Bonchev–Trinajstić information content (AvgIpc) is 2.92. The van der Waals surface area contributed by atoms with Crippen LogP contribution in [0.15, 0.2) is 24.3 Å². The van der Waals surface area contributed by atoms with Crippen LogP contribution in [-0.4, -0.2) is 23.4 Å². The van der Waals surface area contributed by atoms with E-state index in [-0.39, 0.29) is 5.69 Å². The third-order valence-electron chi connectivity index (χ3n) is 4.48. The fourth-order valence-corrected chi connectivity index (χ4v) is 4.21. The molecule has 1 aromatic carbocycles. The molecule has 1 heterocycles. The molecule has 1 N–H and O–H groups in total. The third-order valence-corrected chi connectivity index (χ3v) is 5.69. The molecule has 0 saturated heterocycles. The highest BCUT2D eigenvalue weighted by Crippen LogP contribution is 2.29. The van der Waals surface area contributed by atoms with Gasteiger partial charge in [-0.3, -0.25) is 14.9 Å². The SMILES string of the molecule is Cc1cc([N+](=O)[O-])ccc1NC(=O)COC(=O)c1cc2c(s1)CCCCC2. The lowest BCUT2D eigenvalue weighted by Gasteiger charge is -2.08. The van der Waals surface area contributed by atoms with E-state index in [1.807, 2.05) is 6.07 Å². The molecule has 0 atom stereocenters. The lowest BCUT2D eigenvalue weighted by molar-refractivity contribution is -0.384. The van der Waals surface area contributed by atoms with E-state index in [9.17, 15) is 19.7 Å². The number of amides is 1. The first-order chi connectivity index (χ1) is 12.9. The molecule has 0 radical (unpaired) electrons. The zero-order chi connectivity index (χ0) is 19.4. The molecule has 0 unspecified atom stereocenters. The average molecular weight is 388 g/mol. The summed E-state index contributed by atoms with van der Waals surface area (Å²) in [6.07, 6.45) is 5.46. The van der Waals surface area contributed by atoms with Crippen molar-refractivity contribution in [1.29, 1.82) is 0 Å². The number of benzene rings is 1. The second-order valence-electron chi connectivity index (χ2n) is 6.50. The largest absolute Gasteiger partial charge is 0.451 e. The highest BCUT2D eigenvalue weighted by Gasteiger charge is 2.18. The molecule has 2 aromatic rings. The number of carbonyl (C=O) groups excluding carboxylic acids is 2. The van der Waals surface area contributed by atoms with E-state index in [0.717, 1.165) is 25.7 Å². The van der Waals surface area contributed by atoms with E-state index in [1.165, 1.54) is 46.4 Å². The Balaban J connectivity index is 1.56. The van der Waals surface area contributed by atoms with Gasteiger partial charge in [0.15, 0.2) is 6.61 Å². The molecule has 27 heavy (non-hydrogen) atoms. The number of nitro groups is 1. The fourth-order valence-electron chi connectivity index (χ4n) is 3.06. The molecule has 0 spiro atoms. The van der Waals surface area contributed by atoms with Gasteiger partial charge < -0.3 is 10.1 Å². The summed E-state index contributed by atoms with van der Waals surface area (Å²) in [6, 6.07) is 6.03. The predicted molar refractivity (Wildman–Crippen MR) is 102 cm³/mol. The van der Waals surface area contributed by atoms with E-state index in [2.05, 4.69) is 5.32 Å². The van der Waals surface area contributed by atoms with Crippen molar-refractivity contribution < 1.29 is 19.2 Å². The molecule has 0 saturated carbocycles. The van der Waals surface area contributed by atoms with Crippen LogP contribution in [0, 0.1) is 17.0 Å². The van der Waals surface area contributed by atoms with Crippen LogP contribution in [0.3, 0.4) is 0 Å². The summed E-state index contributed by atoms with van der Waals surface area (Å²) in [6.45, 7) is 1.26. The van der Waals surface area contributed by atoms with Crippen molar-refractivity contribution in [1.82, 2.24) is 0 Å². The third kappa shape index (κ3) is 4.71. The van der Waals surface area contributed by atoms with Crippen LogP contribution in [0.1, 0.15) is 44.9 Å². The summed E-state index contributed by atoms with van der Waals surface area (Å²) in [4.78, 5) is 36.3. The molecular formula is C19H20N2O5S. The fraction of sp³-hybridized carbons (Fsp3) is 0.368. The molecule has 1 aromatic heterocycles. The van der Waals surface area contributed by atoms with Crippen molar-refractivity contribution >= 4 is 34.6 Å². The van der Waals surface area contributed by atoms with Gasteiger partial charge >= 0.3 is 5.97 Å². The number of anilines is 1. The summed E-state index contributed by atoms with van der Waals surface area (Å²) in [5, 5.41) is 13.4. The van der Waals surface area contributed by atoms with Gasteiger partial charge in [0, 0.05) is 22.7 Å². The van der Waals surface area contributed by atoms with E-state index < -0.39 is 23.4 Å². The van der Waals surface area contributed by atoms with Gasteiger partial charge in [0.05, 0.1) is 4.92 Å². The van der Waals surface area contributed by atoms with E-state index in [1.54, 1.807) is 6.92 Å². The number of fused-ring (bicyclic) bond motifs is 1. The van der Waals surface area contributed by atoms with Gasteiger partial charge in [-0.1, -0.05) is 6.42 Å². The number of ether oxygens (including phenoxy) is 1. The van der Waals surface area contributed by atoms with Crippen molar-refractivity contribution in [2.24, 2.45) is 0 Å². The smallest absolute Gasteiger partial charge is 0.348 e. The van der Waals surface area contributed by atoms with Crippen LogP contribution in [0.4, 0.5) is 11.4 Å². The number of non-ortho nitro benzene ring substituents is 1. The first-order valence-electron chi connectivity index (χ1n) is 8.77. The minimum absolute atomic E-state index is 0.0469. The van der Waals surface area contributed by atoms with Crippen molar-refractivity contribution in [2.45, 2.75) is 39.0 Å². The second-order valence-corrected chi connectivity index (χ2v) is 7.64. The molecule has 1 aliphatic rings.